The molecule has 0 saturated carbocycles. The van der Waals surface area contributed by atoms with Crippen LogP contribution in [0.3, 0.4) is 0 Å². The molecule has 2 aromatic carbocycles. The average Bonchev–Trinajstić information content (AvgIpc) is 2.75. The number of rotatable bonds is 10. The van der Waals surface area contributed by atoms with Gasteiger partial charge >= 0.3 is 0 Å². The van der Waals surface area contributed by atoms with Gasteiger partial charge in [0, 0.05) is 32.9 Å². The minimum atomic E-state index is -3.15. The number of nitrogens with one attached hydrogen (secondary N) is 2. The number of nitrogens with zero attached hydrogens (tertiary/aromatic N) is 2. The summed E-state index contributed by atoms with van der Waals surface area (Å²) in [5.74, 6) is 0.745. The fraction of sp³-hybridized carbons (Fsp3) is 0.435. The molecular formula is C23H35IN4O2S. The van der Waals surface area contributed by atoms with Gasteiger partial charge in [-0.2, -0.15) is 0 Å². The van der Waals surface area contributed by atoms with Gasteiger partial charge in [0.1, 0.15) is 0 Å². The standard InChI is InChI=1S/C23H34N4O2S.HI/c1-5-27(6-2)18-21-9-7-20(8-10-21)17-26-23(24-3)25-16-15-19-11-13-22(14-12-19)30(4,28)29;/h7-14H,5-6,15-18H2,1-4H3,(H2,24,25,26);1H. The maximum Gasteiger partial charge on any atom is 0.191 e. The summed E-state index contributed by atoms with van der Waals surface area (Å²) in [6.07, 6.45) is 2.00. The van der Waals surface area contributed by atoms with E-state index in [2.05, 4.69) is 58.6 Å². The molecule has 0 aliphatic heterocycles. The summed E-state index contributed by atoms with van der Waals surface area (Å²) in [5, 5.41) is 6.63. The highest BCUT2D eigenvalue weighted by Crippen LogP contribution is 2.10. The first kappa shape index (κ1) is 27.4. The van der Waals surface area contributed by atoms with Crippen LogP contribution in [0, 0.1) is 0 Å². The minimum absolute atomic E-state index is 0. The van der Waals surface area contributed by atoms with Crippen LogP contribution in [-0.4, -0.2) is 52.2 Å². The molecule has 0 atom stereocenters. The summed E-state index contributed by atoms with van der Waals surface area (Å²) in [6.45, 7) is 8.88. The van der Waals surface area contributed by atoms with E-state index in [1.807, 2.05) is 12.1 Å². The molecule has 8 heteroatoms. The molecule has 2 N–H and O–H groups in total. The molecule has 0 spiro atoms. The lowest BCUT2D eigenvalue weighted by molar-refractivity contribution is 0.296. The summed E-state index contributed by atoms with van der Waals surface area (Å²) in [7, 11) is -1.40. The molecule has 2 rings (SSSR count). The fourth-order valence-electron chi connectivity index (χ4n) is 3.10. The zero-order valence-corrected chi connectivity index (χ0v) is 22.0. The minimum Gasteiger partial charge on any atom is -0.356 e. The van der Waals surface area contributed by atoms with Gasteiger partial charge in [-0.25, -0.2) is 8.42 Å². The van der Waals surface area contributed by atoms with E-state index in [0.29, 0.717) is 18.0 Å². The topological polar surface area (TPSA) is 73.8 Å². The SMILES string of the molecule is CCN(CC)Cc1ccc(CNC(=NC)NCCc2ccc(S(C)(=O)=O)cc2)cc1.I. The third kappa shape index (κ3) is 9.57. The monoisotopic (exact) mass is 558 g/mol. The van der Waals surface area contributed by atoms with Crippen LogP contribution in [0.2, 0.25) is 0 Å². The van der Waals surface area contributed by atoms with Gasteiger partial charge < -0.3 is 10.6 Å². The summed E-state index contributed by atoms with van der Waals surface area (Å²) in [4.78, 5) is 7.01. The average molecular weight is 559 g/mol. The van der Waals surface area contributed by atoms with Crippen molar-refractivity contribution in [3.63, 3.8) is 0 Å². The Morgan fingerprint density at radius 1 is 0.903 bits per heavy atom. The first-order chi connectivity index (χ1) is 14.4. The molecule has 0 aliphatic rings. The maximum atomic E-state index is 11.5. The van der Waals surface area contributed by atoms with E-state index in [-0.39, 0.29) is 24.0 Å². The molecule has 0 aromatic heterocycles. The van der Waals surface area contributed by atoms with Crippen LogP contribution in [0.5, 0.6) is 0 Å². The first-order valence-corrected chi connectivity index (χ1v) is 12.3. The predicted octanol–water partition coefficient (Wildman–Crippen LogP) is 3.46. The Kier molecular flexibility index (Phi) is 12.1. The highest BCUT2D eigenvalue weighted by molar-refractivity contribution is 14.0. The fourth-order valence-corrected chi connectivity index (χ4v) is 3.73. The van der Waals surface area contributed by atoms with Crippen molar-refractivity contribution in [3.05, 3.63) is 65.2 Å². The van der Waals surface area contributed by atoms with Crippen molar-refractivity contribution in [2.45, 2.75) is 38.3 Å². The first-order valence-electron chi connectivity index (χ1n) is 10.4. The van der Waals surface area contributed by atoms with E-state index in [0.717, 1.165) is 37.6 Å². The Labute approximate surface area is 204 Å². The van der Waals surface area contributed by atoms with Crippen molar-refractivity contribution in [1.82, 2.24) is 15.5 Å². The third-order valence-corrected chi connectivity index (χ3v) is 6.19. The second-order valence-corrected chi connectivity index (χ2v) is 9.31. The second-order valence-electron chi connectivity index (χ2n) is 7.30. The Bertz CT molecular complexity index is 910. The van der Waals surface area contributed by atoms with Crippen LogP contribution in [0.15, 0.2) is 58.4 Å². The number of halogens is 1. The number of hydrogen-bond donors (Lipinski definition) is 2. The smallest absolute Gasteiger partial charge is 0.191 e. The van der Waals surface area contributed by atoms with Gasteiger partial charge in [-0.15, -0.1) is 24.0 Å². The predicted molar refractivity (Wildman–Crippen MR) is 140 cm³/mol. The van der Waals surface area contributed by atoms with E-state index in [1.165, 1.54) is 17.4 Å². The van der Waals surface area contributed by atoms with Crippen molar-refractivity contribution >= 4 is 39.8 Å². The summed E-state index contributed by atoms with van der Waals surface area (Å²) >= 11 is 0. The molecule has 0 heterocycles. The van der Waals surface area contributed by atoms with E-state index < -0.39 is 9.84 Å². The van der Waals surface area contributed by atoms with Crippen LogP contribution in [-0.2, 0) is 29.3 Å². The van der Waals surface area contributed by atoms with Gasteiger partial charge in [0.15, 0.2) is 15.8 Å². The number of hydrogen-bond acceptors (Lipinski definition) is 4. The Morgan fingerprint density at radius 3 is 1.97 bits per heavy atom. The van der Waals surface area contributed by atoms with Gasteiger partial charge in [0.05, 0.1) is 4.90 Å². The van der Waals surface area contributed by atoms with E-state index in [4.69, 9.17) is 0 Å². The van der Waals surface area contributed by atoms with Crippen molar-refractivity contribution in [2.24, 2.45) is 4.99 Å². The lowest BCUT2D eigenvalue weighted by atomic mass is 10.1. The van der Waals surface area contributed by atoms with Crippen LogP contribution < -0.4 is 10.6 Å². The van der Waals surface area contributed by atoms with Crippen LogP contribution >= 0.6 is 24.0 Å². The lowest BCUT2D eigenvalue weighted by Gasteiger charge is -2.18. The lowest BCUT2D eigenvalue weighted by Crippen LogP contribution is -2.37. The zero-order valence-electron chi connectivity index (χ0n) is 18.9. The molecule has 0 saturated heterocycles. The summed E-state index contributed by atoms with van der Waals surface area (Å²) in [6, 6.07) is 15.7. The van der Waals surface area contributed by atoms with E-state index in [9.17, 15) is 8.42 Å². The summed E-state index contributed by atoms with van der Waals surface area (Å²) < 4.78 is 23.1. The molecule has 0 amide bonds. The molecule has 2 aromatic rings. The van der Waals surface area contributed by atoms with E-state index in [1.54, 1.807) is 19.2 Å². The molecule has 0 fully saturated rings. The highest BCUT2D eigenvalue weighted by atomic mass is 127. The molecule has 31 heavy (non-hydrogen) atoms. The zero-order chi connectivity index (χ0) is 22.0. The largest absolute Gasteiger partial charge is 0.356 e. The molecule has 0 unspecified atom stereocenters. The quantitative estimate of drug-likeness (QED) is 0.266. The van der Waals surface area contributed by atoms with Crippen LogP contribution in [0.4, 0.5) is 0 Å². The maximum absolute atomic E-state index is 11.5. The normalized spacial score (nSPS) is 11.8. The van der Waals surface area contributed by atoms with Gasteiger partial charge in [0.2, 0.25) is 0 Å². The molecule has 172 valence electrons. The van der Waals surface area contributed by atoms with Gasteiger partial charge in [0.25, 0.3) is 0 Å². The molecular weight excluding hydrogens is 523 g/mol. The molecule has 0 radical (unpaired) electrons. The van der Waals surface area contributed by atoms with Crippen molar-refractivity contribution in [3.8, 4) is 0 Å². The van der Waals surface area contributed by atoms with Gasteiger partial charge in [-0.1, -0.05) is 50.2 Å². The van der Waals surface area contributed by atoms with Crippen LogP contribution in [0.1, 0.15) is 30.5 Å². The van der Waals surface area contributed by atoms with Crippen molar-refractivity contribution in [2.75, 3.05) is 32.9 Å². The number of aliphatic imine (C=N–C) groups is 1. The Balaban J connectivity index is 0.00000480. The molecule has 6 nitrogen and oxygen atoms in total. The summed E-state index contributed by atoms with van der Waals surface area (Å²) in [5.41, 5.74) is 3.61. The van der Waals surface area contributed by atoms with E-state index >= 15 is 0 Å². The van der Waals surface area contributed by atoms with Crippen LogP contribution in [0.25, 0.3) is 0 Å². The van der Waals surface area contributed by atoms with Gasteiger partial charge in [-0.05, 0) is 48.3 Å². The Hall–Kier alpha value is -1.65. The Morgan fingerprint density at radius 2 is 1.45 bits per heavy atom. The van der Waals surface area contributed by atoms with Crippen molar-refractivity contribution < 1.29 is 8.42 Å². The molecule has 0 bridgehead atoms. The second kappa shape index (κ2) is 13.7. The van der Waals surface area contributed by atoms with Crippen molar-refractivity contribution in [1.29, 1.82) is 0 Å². The third-order valence-electron chi connectivity index (χ3n) is 5.06. The molecule has 0 aliphatic carbocycles. The number of guanidine groups is 1. The number of benzene rings is 2. The number of sulfone groups is 1. The highest BCUT2D eigenvalue weighted by Gasteiger charge is 2.06. The van der Waals surface area contributed by atoms with Gasteiger partial charge in [-0.3, -0.25) is 9.89 Å².